The van der Waals surface area contributed by atoms with Crippen LogP contribution in [0.5, 0.6) is 0 Å². The van der Waals surface area contributed by atoms with Gasteiger partial charge in [0.05, 0.1) is 0 Å². The van der Waals surface area contributed by atoms with Crippen LogP contribution >= 0.6 is 0 Å². The molecule has 1 saturated heterocycles. The number of anilines is 1. The average molecular weight is 246 g/mol. The number of piperidine rings is 1. The quantitative estimate of drug-likeness (QED) is 0.881. The van der Waals surface area contributed by atoms with E-state index in [-0.39, 0.29) is 5.54 Å². The normalized spacial score (nSPS) is 23.1. The standard InChI is InChI=1S/C16H26N2/c1-5-13-8-6-7-9-15(13)18-11-10-14(17-4)12-16(18,2)3/h6-9,14,17H,5,10-12H2,1-4H3. The van der Waals surface area contributed by atoms with Gasteiger partial charge in [-0.05, 0) is 51.8 Å². The van der Waals surface area contributed by atoms with E-state index in [0.717, 1.165) is 13.0 Å². The van der Waals surface area contributed by atoms with Crippen LogP contribution in [-0.2, 0) is 6.42 Å². The largest absolute Gasteiger partial charge is 0.366 e. The molecule has 0 aromatic heterocycles. The lowest BCUT2D eigenvalue weighted by Gasteiger charge is -2.47. The van der Waals surface area contributed by atoms with Gasteiger partial charge in [0.1, 0.15) is 0 Å². The van der Waals surface area contributed by atoms with Crippen LogP contribution in [0.4, 0.5) is 5.69 Å². The third-order valence-electron chi connectivity index (χ3n) is 4.25. The molecule has 1 aliphatic rings. The molecule has 0 radical (unpaired) electrons. The number of para-hydroxylation sites is 1. The maximum Gasteiger partial charge on any atom is 0.0403 e. The third kappa shape index (κ3) is 2.54. The minimum atomic E-state index is 0.233. The van der Waals surface area contributed by atoms with Gasteiger partial charge in [-0.25, -0.2) is 0 Å². The van der Waals surface area contributed by atoms with Crippen molar-refractivity contribution in [3.63, 3.8) is 0 Å². The molecule has 1 heterocycles. The number of aryl methyl sites for hydroxylation is 1. The molecule has 2 rings (SSSR count). The highest BCUT2D eigenvalue weighted by Gasteiger charge is 2.34. The second kappa shape index (κ2) is 5.31. The van der Waals surface area contributed by atoms with Crippen molar-refractivity contribution in [3.8, 4) is 0 Å². The van der Waals surface area contributed by atoms with Gasteiger partial charge in [0.25, 0.3) is 0 Å². The Hall–Kier alpha value is -1.02. The smallest absolute Gasteiger partial charge is 0.0403 e. The predicted molar refractivity (Wildman–Crippen MR) is 79.3 cm³/mol. The molecule has 1 unspecified atom stereocenters. The molecule has 1 atom stereocenters. The zero-order valence-corrected chi connectivity index (χ0v) is 12.2. The van der Waals surface area contributed by atoms with Gasteiger partial charge in [0, 0.05) is 23.8 Å². The first-order chi connectivity index (χ1) is 8.58. The van der Waals surface area contributed by atoms with Crippen molar-refractivity contribution in [2.45, 2.75) is 51.6 Å². The van der Waals surface area contributed by atoms with Crippen molar-refractivity contribution >= 4 is 5.69 Å². The van der Waals surface area contributed by atoms with Crippen LogP contribution < -0.4 is 10.2 Å². The molecule has 0 bridgehead atoms. The van der Waals surface area contributed by atoms with E-state index in [4.69, 9.17) is 0 Å². The van der Waals surface area contributed by atoms with Crippen LogP contribution in [0.25, 0.3) is 0 Å². The van der Waals surface area contributed by atoms with Crippen molar-refractivity contribution in [1.29, 1.82) is 0 Å². The number of nitrogens with one attached hydrogen (secondary N) is 1. The van der Waals surface area contributed by atoms with Gasteiger partial charge >= 0.3 is 0 Å². The molecule has 0 spiro atoms. The van der Waals surface area contributed by atoms with E-state index in [9.17, 15) is 0 Å². The lowest BCUT2D eigenvalue weighted by Crippen LogP contribution is -2.54. The van der Waals surface area contributed by atoms with Gasteiger partial charge < -0.3 is 10.2 Å². The topological polar surface area (TPSA) is 15.3 Å². The summed E-state index contributed by atoms with van der Waals surface area (Å²) in [6.45, 7) is 8.12. The molecule has 1 aromatic rings. The molecule has 1 fully saturated rings. The van der Waals surface area contributed by atoms with Crippen LogP contribution in [0.3, 0.4) is 0 Å². The van der Waals surface area contributed by atoms with E-state index in [0.29, 0.717) is 6.04 Å². The fraction of sp³-hybridized carbons (Fsp3) is 0.625. The molecule has 0 saturated carbocycles. The maximum atomic E-state index is 3.43. The second-order valence-corrected chi connectivity index (χ2v) is 5.92. The molecule has 18 heavy (non-hydrogen) atoms. The Morgan fingerprint density at radius 1 is 1.33 bits per heavy atom. The van der Waals surface area contributed by atoms with Crippen LogP contribution in [-0.4, -0.2) is 25.2 Å². The fourth-order valence-corrected chi connectivity index (χ4v) is 3.17. The number of hydrogen-bond donors (Lipinski definition) is 1. The zero-order valence-electron chi connectivity index (χ0n) is 12.2. The van der Waals surface area contributed by atoms with Crippen molar-refractivity contribution in [2.24, 2.45) is 0 Å². The van der Waals surface area contributed by atoms with E-state index in [2.05, 4.69) is 62.3 Å². The highest BCUT2D eigenvalue weighted by atomic mass is 15.2. The molecule has 2 nitrogen and oxygen atoms in total. The van der Waals surface area contributed by atoms with Crippen LogP contribution in [0.1, 0.15) is 39.2 Å². The van der Waals surface area contributed by atoms with Crippen molar-refractivity contribution in [1.82, 2.24) is 5.32 Å². The van der Waals surface area contributed by atoms with Crippen molar-refractivity contribution in [2.75, 3.05) is 18.5 Å². The number of hydrogen-bond acceptors (Lipinski definition) is 2. The maximum absolute atomic E-state index is 3.43. The molecule has 0 aliphatic carbocycles. The highest BCUT2D eigenvalue weighted by Crippen LogP contribution is 2.34. The van der Waals surface area contributed by atoms with E-state index in [1.54, 1.807) is 0 Å². The number of rotatable bonds is 3. The minimum absolute atomic E-state index is 0.233. The summed E-state index contributed by atoms with van der Waals surface area (Å²) in [6, 6.07) is 9.50. The molecule has 2 heteroatoms. The summed E-state index contributed by atoms with van der Waals surface area (Å²) < 4.78 is 0. The van der Waals surface area contributed by atoms with Crippen LogP contribution in [0, 0.1) is 0 Å². The first-order valence-electron chi connectivity index (χ1n) is 7.11. The second-order valence-electron chi connectivity index (χ2n) is 5.92. The minimum Gasteiger partial charge on any atom is -0.366 e. The summed E-state index contributed by atoms with van der Waals surface area (Å²) >= 11 is 0. The van der Waals surface area contributed by atoms with E-state index >= 15 is 0 Å². The molecule has 1 aromatic carbocycles. The summed E-state index contributed by atoms with van der Waals surface area (Å²) in [7, 11) is 2.08. The Morgan fingerprint density at radius 2 is 2.06 bits per heavy atom. The summed E-state index contributed by atoms with van der Waals surface area (Å²) in [5.74, 6) is 0. The fourth-order valence-electron chi connectivity index (χ4n) is 3.17. The first-order valence-corrected chi connectivity index (χ1v) is 7.11. The summed E-state index contributed by atoms with van der Waals surface area (Å²) in [6.07, 6.45) is 3.55. The molecule has 1 aliphatic heterocycles. The van der Waals surface area contributed by atoms with Gasteiger partial charge in [-0.15, -0.1) is 0 Å². The van der Waals surface area contributed by atoms with E-state index < -0.39 is 0 Å². The van der Waals surface area contributed by atoms with Gasteiger partial charge in [-0.2, -0.15) is 0 Å². The molecule has 1 N–H and O–H groups in total. The lowest BCUT2D eigenvalue weighted by molar-refractivity contribution is 0.301. The lowest BCUT2D eigenvalue weighted by atomic mass is 9.86. The van der Waals surface area contributed by atoms with Crippen LogP contribution in [0.15, 0.2) is 24.3 Å². The van der Waals surface area contributed by atoms with Crippen molar-refractivity contribution < 1.29 is 0 Å². The third-order valence-corrected chi connectivity index (χ3v) is 4.25. The summed E-state index contributed by atoms with van der Waals surface area (Å²) in [5.41, 5.74) is 3.13. The van der Waals surface area contributed by atoms with Gasteiger partial charge in [-0.1, -0.05) is 25.1 Å². The number of nitrogens with zero attached hydrogens (tertiary/aromatic N) is 1. The SMILES string of the molecule is CCc1ccccc1N1CCC(NC)CC1(C)C. The molecule has 0 amide bonds. The highest BCUT2D eigenvalue weighted by molar-refractivity contribution is 5.56. The Bertz CT molecular complexity index is 398. The molecular weight excluding hydrogens is 220 g/mol. The van der Waals surface area contributed by atoms with Gasteiger partial charge in [0.2, 0.25) is 0 Å². The van der Waals surface area contributed by atoms with E-state index in [1.807, 2.05) is 0 Å². The Kier molecular flexibility index (Phi) is 3.96. The average Bonchev–Trinajstić information content (AvgIpc) is 2.37. The monoisotopic (exact) mass is 246 g/mol. The molecule has 100 valence electrons. The van der Waals surface area contributed by atoms with Crippen LogP contribution in [0.2, 0.25) is 0 Å². The summed E-state index contributed by atoms with van der Waals surface area (Å²) in [4.78, 5) is 2.60. The van der Waals surface area contributed by atoms with Gasteiger partial charge in [-0.3, -0.25) is 0 Å². The Morgan fingerprint density at radius 3 is 2.67 bits per heavy atom. The van der Waals surface area contributed by atoms with Crippen molar-refractivity contribution in [3.05, 3.63) is 29.8 Å². The van der Waals surface area contributed by atoms with E-state index in [1.165, 1.54) is 24.1 Å². The first kappa shape index (κ1) is 13.4. The zero-order chi connectivity index (χ0) is 13.2. The molecular formula is C16H26N2. The van der Waals surface area contributed by atoms with Gasteiger partial charge in [0.15, 0.2) is 0 Å². The number of benzene rings is 1. The summed E-state index contributed by atoms with van der Waals surface area (Å²) in [5, 5.41) is 3.43. The Labute approximate surface area is 111 Å². The Balaban J connectivity index is 2.27. The predicted octanol–water partition coefficient (Wildman–Crippen LogP) is 3.22.